The van der Waals surface area contributed by atoms with Crippen molar-refractivity contribution in [3.05, 3.63) is 23.3 Å². The van der Waals surface area contributed by atoms with Gasteiger partial charge in [-0.3, -0.25) is 4.79 Å². The Bertz CT molecular complexity index is 288. The first-order chi connectivity index (χ1) is 6.27. The van der Waals surface area contributed by atoms with Gasteiger partial charge in [-0.2, -0.15) is 0 Å². The molecule has 0 spiro atoms. The standard InChI is InChI=1S/C11H15NO/c12-11(13)10-6-5-8-3-1-2-4-9(8)7-10/h5-6,10H,1-4,7H2,(H2,12,13). The predicted molar refractivity (Wildman–Crippen MR) is 51.9 cm³/mol. The third-order valence-corrected chi connectivity index (χ3v) is 2.99. The van der Waals surface area contributed by atoms with E-state index in [0.717, 1.165) is 6.42 Å². The van der Waals surface area contributed by atoms with Gasteiger partial charge in [0.2, 0.25) is 5.91 Å². The van der Waals surface area contributed by atoms with Gasteiger partial charge in [0.25, 0.3) is 0 Å². The zero-order valence-electron chi connectivity index (χ0n) is 7.75. The number of hydrogen-bond acceptors (Lipinski definition) is 1. The summed E-state index contributed by atoms with van der Waals surface area (Å²) in [4.78, 5) is 11.0. The Labute approximate surface area is 78.5 Å². The number of carbonyl (C=O) groups excluding carboxylic acids is 1. The van der Waals surface area contributed by atoms with E-state index in [4.69, 9.17) is 5.73 Å². The highest BCUT2D eigenvalue weighted by molar-refractivity contribution is 5.79. The Kier molecular flexibility index (Phi) is 2.21. The topological polar surface area (TPSA) is 43.1 Å². The van der Waals surface area contributed by atoms with Crippen LogP contribution >= 0.6 is 0 Å². The van der Waals surface area contributed by atoms with E-state index in [9.17, 15) is 4.79 Å². The molecular weight excluding hydrogens is 162 g/mol. The second kappa shape index (κ2) is 3.36. The SMILES string of the molecule is NC(=O)C1C=CC2=C(CCCC2)C1. The number of nitrogens with two attached hydrogens (primary N) is 1. The highest BCUT2D eigenvalue weighted by atomic mass is 16.1. The Morgan fingerprint density at radius 3 is 2.92 bits per heavy atom. The third-order valence-electron chi connectivity index (χ3n) is 2.99. The maximum absolute atomic E-state index is 11.0. The van der Waals surface area contributed by atoms with Gasteiger partial charge in [0.1, 0.15) is 0 Å². The predicted octanol–water partition coefficient (Wildman–Crippen LogP) is 1.92. The van der Waals surface area contributed by atoms with Crippen molar-refractivity contribution < 1.29 is 4.79 Å². The lowest BCUT2D eigenvalue weighted by atomic mass is 9.81. The fourth-order valence-electron chi connectivity index (χ4n) is 2.19. The summed E-state index contributed by atoms with van der Waals surface area (Å²) in [6, 6.07) is 0. The molecule has 13 heavy (non-hydrogen) atoms. The van der Waals surface area contributed by atoms with Crippen molar-refractivity contribution in [2.75, 3.05) is 0 Å². The summed E-state index contributed by atoms with van der Waals surface area (Å²) >= 11 is 0. The van der Waals surface area contributed by atoms with E-state index >= 15 is 0 Å². The molecule has 1 amide bonds. The van der Waals surface area contributed by atoms with Crippen molar-refractivity contribution >= 4 is 5.91 Å². The van der Waals surface area contributed by atoms with Crippen molar-refractivity contribution in [2.45, 2.75) is 32.1 Å². The van der Waals surface area contributed by atoms with Crippen molar-refractivity contribution in [3.8, 4) is 0 Å². The summed E-state index contributed by atoms with van der Waals surface area (Å²) in [5.41, 5.74) is 8.21. The van der Waals surface area contributed by atoms with E-state index in [0.29, 0.717) is 0 Å². The molecule has 0 aromatic rings. The molecule has 0 heterocycles. The van der Waals surface area contributed by atoms with Crippen molar-refractivity contribution in [2.24, 2.45) is 11.7 Å². The lowest BCUT2D eigenvalue weighted by Crippen LogP contribution is -2.24. The molecule has 2 aliphatic carbocycles. The van der Waals surface area contributed by atoms with E-state index in [1.54, 1.807) is 0 Å². The zero-order chi connectivity index (χ0) is 9.26. The second-order valence-electron chi connectivity index (χ2n) is 3.91. The molecule has 2 N–H and O–H groups in total. The number of hydrogen-bond donors (Lipinski definition) is 1. The van der Waals surface area contributed by atoms with Gasteiger partial charge in [-0.25, -0.2) is 0 Å². The Morgan fingerprint density at radius 1 is 1.38 bits per heavy atom. The molecule has 0 radical (unpaired) electrons. The quantitative estimate of drug-likeness (QED) is 0.653. The van der Waals surface area contributed by atoms with E-state index in [1.165, 1.54) is 36.8 Å². The first kappa shape index (κ1) is 8.54. The number of amides is 1. The van der Waals surface area contributed by atoms with E-state index in [1.807, 2.05) is 6.08 Å². The average Bonchev–Trinajstić information content (AvgIpc) is 2.17. The van der Waals surface area contributed by atoms with E-state index < -0.39 is 0 Å². The van der Waals surface area contributed by atoms with Crippen LogP contribution < -0.4 is 5.73 Å². The van der Waals surface area contributed by atoms with Gasteiger partial charge < -0.3 is 5.73 Å². The number of rotatable bonds is 1. The van der Waals surface area contributed by atoms with Crippen LogP contribution in [-0.4, -0.2) is 5.91 Å². The molecule has 2 heteroatoms. The third kappa shape index (κ3) is 1.67. The highest BCUT2D eigenvalue weighted by Gasteiger charge is 2.21. The van der Waals surface area contributed by atoms with E-state index in [-0.39, 0.29) is 11.8 Å². The number of carbonyl (C=O) groups is 1. The van der Waals surface area contributed by atoms with Crippen LogP contribution in [0.15, 0.2) is 23.3 Å². The molecule has 0 saturated carbocycles. The number of primary amides is 1. The van der Waals surface area contributed by atoms with Crippen LogP contribution in [0, 0.1) is 5.92 Å². The molecular formula is C11H15NO. The summed E-state index contributed by atoms with van der Waals surface area (Å²) in [7, 11) is 0. The molecule has 70 valence electrons. The Hall–Kier alpha value is -1.05. The molecule has 0 aromatic carbocycles. The lowest BCUT2D eigenvalue weighted by Gasteiger charge is -2.24. The fraction of sp³-hybridized carbons (Fsp3) is 0.545. The highest BCUT2D eigenvalue weighted by Crippen LogP contribution is 2.33. The summed E-state index contributed by atoms with van der Waals surface area (Å²) in [6.45, 7) is 0. The fourth-order valence-corrected chi connectivity index (χ4v) is 2.19. The average molecular weight is 177 g/mol. The number of allylic oxidation sites excluding steroid dienone is 3. The minimum atomic E-state index is -0.187. The second-order valence-corrected chi connectivity index (χ2v) is 3.91. The molecule has 0 fully saturated rings. The van der Waals surface area contributed by atoms with E-state index in [2.05, 4.69) is 6.08 Å². The summed E-state index contributed by atoms with van der Waals surface area (Å²) in [5, 5.41) is 0. The van der Waals surface area contributed by atoms with Crippen molar-refractivity contribution in [1.29, 1.82) is 0 Å². The van der Waals surface area contributed by atoms with Gasteiger partial charge in [-0.05, 0) is 37.7 Å². The first-order valence-corrected chi connectivity index (χ1v) is 4.96. The minimum absolute atomic E-state index is 0.0446. The summed E-state index contributed by atoms with van der Waals surface area (Å²) < 4.78 is 0. The molecule has 0 aliphatic heterocycles. The van der Waals surface area contributed by atoms with Crippen LogP contribution in [0.1, 0.15) is 32.1 Å². The van der Waals surface area contributed by atoms with Crippen LogP contribution in [0.5, 0.6) is 0 Å². The molecule has 2 rings (SSSR count). The van der Waals surface area contributed by atoms with Crippen LogP contribution in [0.4, 0.5) is 0 Å². The maximum Gasteiger partial charge on any atom is 0.224 e. The maximum atomic E-state index is 11.0. The zero-order valence-corrected chi connectivity index (χ0v) is 7.75. The lowest BCUT2D eigenvalue weighted by molar-refractivity contribution is -0.120. The minimum Gasteiger partial charge on any atom is -0.369 e. The molecule has 0 aromatic heterocycles. The molecule has 1 atom stereocenters. The van der Waals surface area contributed by atoms with Crippen LogP contribution in [0.25, 0.3) is 0 Å². The molecule has 0 saturated heterocycles. The van der Waals surface area contributed by atoms with Crippen molar-refractivity contribution in [1.82, 2.24) is 0 Å². The largest absolute Gasteiger partial charge is 0.369 e. The van der Waals surface area contributed by atoms with Gasteiger partial charge in [0.05, 0.1) is 5.92 Å². The molecule has 1 unspecified atom stereocenters. The first-order valence-electron chi connectivity index (χ1n) is 4.96. The molecule has 0 bridgehead atoms. The monoisotopic (exact) mass is 177 g/mol. The van der Waals surface area contributed by atoms with Crippen LogP contribution in [0.2, 0.25) is 0 Å². The smallest absolute Gasteiger partial charge is 0.224 e. The molecule has 2 aliphatic rings. The van der Waals surface area contributed by atoms with Gasteiger partial charge in [0.15, 0.2) is 0 Å². The summed E-state index contributed by atoms with van der Waals surface area (Å²) in [6.07, 6.45) is 9.88. The van der Waals surface area contributed by atoms with Crippen LogP contribution in [-0.2, 0) is 4.79 Å². The van der Waals surface area contributed by atoms with Crippen LogP contribution in [0.3, 0.4) is 0 Å². The van der Waals surface area contributed by atoms with Crippen molar-refractivity contribution in [3.63, 3.8) is 0 Å². The van der Waals surface area contributed by atoms with Gasteiger partial charge in [-0.15, -0.1) is 0 Å². The summed E-state index contributed by atoms with van der Waals surface area (Å²) in [5.74, 6) is -0.231. The Balaban J connectivity index is 2.15. The van der Waals surface area contributed by atoms with Gasteiger partial charge in [-0.1, -0.05) is 17.7 Å². The Morgan fingerprint density at radius 2 is 2.15 bits per heavy atom. The normalized spacial score (nSPS) is 27.2. The van der Waals surface area contributed by atoms with Gasteiger partial charge >= 0.3 is 0 Å². The van der Waals surface area contributed by atoms with Gasteiger partial charge in [0, 0.05) is 0 Å². The molecule has 2 nitrogen and oxygen atoms in total.